The Morgan fingerprint density at radius 2 is 2.00 bits per heavy atom. The number of hydrogen-bond acceptors (Lipinski definition) is 1. The maximum atomic E-state index is 4.17. The van der Waals surface area contributed by atoms with Gasteiger partial charge in [0.05, 0.1) is 11.9 Å². The Hall–Kier alpha value is -1.05. The van der Waals surface area contributed by atoms with Crippen molar-refractivity contribution in [3.8, 4) is 0 Å². The lowest BCUT2D eigenvalue weighted by atomic mass is 9.76. The van der Waals surface area contributed by atoms with Gasteiger partial charge < -0.3 is 0 Å². The highest BCUT2D eigenvalue weighted by atomic mass is 15.1. The van der Waals surface area contributed by atoms with Gasteiger partial charge in [-0.3, -0.25) is 5.10 Å². The van der Waals surface area contributed by atoms with Crippen molar-refractivity contribution in [1.29, 1.82) is 0 Å². The summed E-state index contributed by atoms with van der Waals surface area (Å²) in [4.78, 5) is 0. The maximum absolute atomic E-state index is 4.17. The summed E-state index contributed by atoms with van der Waals surface area (Å²) in [5.41, 5.74) is 2.66. The van der Waals surface area contributed by atoms with Crippen molar-refractivity contribution in [2.24, 2.45) is 0 Å². The third-order valence-corrected chi connectivity index (χ3v) is 4.14. The molecule has 0 aromatic carbocycles. The number of rotatable bonds is 9. The van der Waals surface area contributed by atoms with Gasteiger partial charge >= 0.3 is 0 Å². The molecule has 18 heavy (non-hydrogen) atoms. The molecule has 2 nitrogen and oxygen atoms in total. The number of nitrogens with one attached hydrogen (secondary N) is 1. The van der Waals surface area contributed by atoms with E-state index in [-0.39, 0.29) is 5.41 Å². The van der Waals surface area contributed by atoms with Crippen molar-refractivity contribution >= 4 is 6.08 Å². The average molecular weight is 248 g/mol. The highest BCUT2D eigenvalue weighted by Gasteiger charge is 2.27. The molecule has 0 spiro atoms. The normalized spacial score (nSPS) is 14.4. The van der Waals surface area contributed by atoms with Crippen LogP contribution in [-0.2, 0) is 5.41 Å². The van der Waals surface area contributed by atoms with Crippen LogP contribution in [0.2, 0.25) is 0 Å². The van der Waals surface area contributed by atoms with Crippen LogP contribution >= 0.6 is 0 Å². The lowest BCUT2D eigenvalue weighted by Crippen LogP contribution is -2.21. The van der Waals surface area contributed by atoms with Crippen LogP contribution in [0.4, 0.5) is 0 Å². The number of hydrogen-bond donors (Lipinski definition) is 1. The molecule has 0 radical (unpaired) electrons. The Morgan fingerprint density at radius 3 is 2.61 bits per heavy atom. The average Bonchev–Trinajstić information content (AvgIpc) is 2.87. The van der Waals surface area contributed by atoms with E-state index in [1.54, 1.807) is 0 Å². The Bertz CT molecular complexity index is 354. The van der Waals surface area contributed by atoms with Crippen LogP contribution in [0.5, 0.6) is 0 Å². The first kappa shape index (κ1) is 15.0. The summed E-state index contributed by atoms with van der Waals surface area (Å²) in [5.74, 6) is 0. The minimum Gasteiger partial charge on any atom is -0.278 e. The van der Waals surface area contributed by atoms with Crippen LogP contribution in [0.3, 0.4) is 0 Å². The predicted molar refractivity (Wildman–Crippen MR) is 79.7 cm³/mol. The molecule has 1 aromatic heterocycles. The first-order valence-electron chi connectivity index (χ1n) is 7.34. The highest BCUT2D eigenvalue weighted by molar-refractivity contribution is 5.48. The molecule has 1 aromatic rings. The van der Waals surface area contributed by atoms with Crippen molar-refractivity contribution in [3.63, 3.8) is 0 Å². The second-order valence-electron chi connectivity index (χ2n) is 5.48. The van der Waals surface area contributed by atoms with Crippen LogP contribution < -0.4 is 0 Å². The van der Waals surface area contributed by atoms with Crippen LogP contribution in [0, 0.1) is 0 Å². The molecule has 0 aliphatic carbocycles. The van der Waals surface area contributed by atoms with Crippen LogP contribution in [0.25, 0.3) is 6.08 Å². The summed E-state index contributed by atoms with van der Waals surface area (Å²) < 4.78 is 0. The summed E-state index contributed by atoms with van der Waals surface area (Å²) in [5, 5.41) is 7.21. The van der Waals surface area contributed by atoms with Crippen LogP contribution in [0.15, 0.2) is 12.8 Å². The van der Waals surface area contributed by atoms with Gasteiger partial charge in [0.15, 0.2) is 0 Å². The quantitative estimate of drug-likeness (QED) is 0.606. The lowest BCUT2D eigenvalue weighted by molar-refractivity contribution is 0.394. The van der Waals surface area contributed by atoms with Gasteiger partial charge in [-0.15, -0.1) is 0 Å². The van der Waals surface area contributed by atoms with Crippen LogP contribution in [0.1, 0.15) is 77.0 Å². The van der Waals surface area contributed by atoms with Gasteiger partial charge in [-0.25, -0.2) is 0 Å². The molecular formula is C16H28N2. The molecule has 1 N–H and O–H groups in total. The minimum atomic E-state index is 0.239. The van der Waals surface area contributed by atoms with Crippen molar-refractivity contribution in [3.05, 3.63) is 24.0 Å². The largest absolute Gasteiger partial charge is 0.278 e. The number of aromatic amines is 1. The molecule has 102 valence electrons. The van der Waals surface area contributed by atoms with E-state index in [0.29, 0.717) is 0 Å². The van der Waals surface area contributed by atoms with Gasteiger partial charge in [0.2, 0.25) is 0 Å². The number of unbranched alkanes of at least 4 members (excludes halogenated alkanes) is 4. The fourth-order valence-corrected chi connectivity index (χ4v) is 2.55. The molecule has 0 amide bonds. The van der Waals surface area contributed by atoms with Gasteiger partial charge in [-0.2, -0.15) is 5.10 Å². The fourth-order valence-electron chi connectivity index (χ4n) is 2.55. The smallest absolute Gasteiger partial charge is 0.0609 e. The standard InChI is InChI=1S/C16H28N2/c1-5-8-9-10-11-12-16(4,7-3)14-13-17-18-15(14)6-2/h6,13H,2,5,7-12H2,1,3-4H3,(H,17,18). The van der Waals surface area contributed by atoms with Gasteiger partial charge in [-0.1, -0.05) is 59.5 Å². The molecule has 0 aliphatic heterocycles. The monoisotopic (exact) mass is 248 g/mol. The molecule has 1 atom stereocenters. The van der Waals surface area contributed by atoms with E-state index in [1.807, 2.05) is 12.3 Å². The van der Waals surface area contributed by atoms with E-state index in [0.717, 1.165) is 12.1 Å². The first-order chi connectivity index (χ1) is 8.68. The fraction of sp³-hybridized carbons (Fsp3) is 0.688. The SMILES string of the molecule is C=Cc1[nH]ncc1C(C)(CC)CCCCCCC. The van der Waals surface area contributed by atoms with Crippen LogP contribution in [-0.4, -0.2) is 10.2 Å². The highest BCUT2D eigenvalue weighted by Crippen LogP contribution is 2.35. The number of aromatic nitrogens is 2. The van der Waals surface area contributed by atoms with E-state index in [2.05, 4.69) is 37.5 Å². The minimum absolute atomic E-state index is 0.239. The third kappa shape index (κ3) is 3.72. The lowest BCUT2D eigenvalue weighted by Gasteiger charge is -2.28. The van der Waals surface area contributed by atoms with E-state index in [1.165, 1.54) is 44.1 Å². The van der Waals surface area contributed by atoms with Crippen molar-refractivity contribution in [1.82, 2.24) is 10.2 Å². The zero-order valence-electron chi connectivity index (χ0n) is 12.3. The van der Waals surface area contributed by atoms with Gasteiger partial charge in [0, 0.05) is 5.56 Å². The van der Waals surface area contributed by atoms with E-state index >= 15 is 0 Å². The zero-order chi connectivity index (χ0) is 13.4. The molecule has 0 saturated heterocycles. The topological polar surface area (TPSA) is 28.7 Å². The summed E-state index contributed by atoms with van der Waals surface area (Å²) in [6.45, 7) is 10.7. The van der Waals surface area contributed by atoms with E-state index in [9.17, 15) is 0 Å². The molecule has 0 bridgehead atoms. The zero-order valence-corrected chi connectivity index (χ0v) is 12.3. The molecule has 0 saturated carbocycles. The summed E-state index contributed by atoms with van der Waals surface area (Å²) >= 11 is 0. The Kier molecular flexibility index (Phi) is 6.17. The van der Waals surface area contributed by atoms with Crippen molar-refractivity contribution in [2.45, 2.75) is 71.1 Å². The van der Waals surface area contributed by atoms with Crippen molar-refractivity contribution in [2.75, 3.05) is 0 Å². The molecule has 2 heteroatoms. The Balaban J connectivity index is 2.59. The predicted octanol–water partition coefficient (Wildman–Crippen LogP) is 5.08. The van der Waals surface area contributed by atoms with Gasteiger partial charge in [0.1, 0.15) is 0 Å². The van der Waals surface area contributed by atoms with Gasteiger partial charge in [0.25, 0.3) is 0 Å². The second kappa shape index (κ2) is 7.40. The molecule has 1 unspecified atom stereocenters. The molecule has 1 heterocycles. The first-order valence-corrected chi connectivity index (χ1v) is 7.34. The summed E-state index contributed by atoms with van der Waals surface area (Å²) in [6, 6.07) is 0. The van der Waals surface area contributed by atoms with E-state index < -0.39 is 0 Å². The molecular weight excluding hydrogens is 220 g/mol. The third-order valence-electron chi connectivity index (χ3n) is 4.14. The molecule has 0 aliphatic rings. The second-order valence-corrected chi connectivity index (χ2v) is 5.48. The van der Waals surface area contributed by atoms with E-state index in [4.69, 9.17) is 0 Å². The van der Waals surface area contributed by atoms with Gasteiger partial charge in [-0.05, 0) is 24.3 Å². The van der Waals surface area contributed by atoms with Crippen molar-refractivity contribution < 1.29 is 0 Å². The summed E-state index contributed by atoms with van der Waals surface area (Å²) in [7, 11) is 0. The maximum Gasteiger partial charge on any atom is 0.0609 e. The Morgan fingerprint density at radius 1 is 1.28 bits per heavy atom. The number of nitrogens with zero attached hydrogens (tertiary/aromatic N) is 1. The summed E-state index contributed by atoms with van der Waals surface area (Å²) in [6.07, 6.45) is 13.0. The molecule has 1 rings (SSSR count). The number of H-pyrrole nitrogens is 1. The molecule has 0 fully saturated rings. The Labute approximate surface area is 112 Å².